The quantitative estimate of drug-likeness (QED) is 0.542. The van der Waals surface area contributed by atoms with Crippen molar-refractivity contribution < 1.29 is 14.3 Å². The van der Waals surface area contributed by atoms with E-state index in [9.17, 15) is 4.79 Å². The third kappa shape index (κ3) is 4.49. The topological polar surface area (TPSA) is 79.1 Å². The van der Waals surface area contributed by atoms with Crippen LogP contribution in [0.2, 0.25) is 10.0 Å². The van der Waals surface area contributed by atoms with Gasteiger partial charge in [0.2, 0.25) is 5.16 Å². The monoisotopic (exact) mass is 376 g/mol. The largest absolute Gasteiger partial charge is 0.488 e. The van der Waals surface area contributed by atoms with Gasteiger partial charge in [-0.3, -0.25) is 0 Å². The fourth-order valence-corrected chi connectivity index (χ4v) is 2.52. The van der Waals surface area contributed by atoms with Crippen molar-refractivity contribution in [3.63, 3.8) is 0 Å². The lowest BCUT2D eigenvalue weighted by Gasteiger charge is -2.12. The number of benzene rings is 1. The molecule has 0 fully saturated rings. The van der Waals surface area contributed by atoms with Gasteiger partial charge in [-0.15, -0.1) is 10.2 Å². The molecule has 2 aromatic rings. The number of ether oxygens (including phenoxy) is 2. The molecular formula is C13H14Cl2N4O3S. The van der Waals surface area contributed by atoms with Crippen molar-refractivity contribution in [2.24, 2.45) is 0 Å². The van der Waals surface area contributed by atoms with E-state index in [-0.39, 0.29) is 29.5 Å². The average Bonchev–Trinajstić information content (AvgIpc) is 2.98. The van der Waals surface area contributed by atoms with E-state index in [1.807, 2.05) is 6.26 Å². The predicted octanol–water partition coefficient (Wildman–Crippen LogP) is 2.96. The maximum atomic E-state index is 11.8. The Morgan fingerprint density at radius 1 is 1.39 bits per heavy atom. The van der Waals surface area contributed by atoms with Gasteiger partial charge in [-0.25, -0.2) is 4.79 Å². The maximum absolute atomic E-state index is 11.8. The Labute approximate surface area is 147 Å². The van der Waals surface area contributed by atoms with Gasteiger partial charge in [-0.05, 0) is 30.5 Å². The molecule has 23 heavy (non-hydrogen) atoms. The van der Waals surface area contributed by atoms with Crippen LogP contribution in [0.15, 0.2) is 17.3 Å². The van der Waals surface area contributed by atoms with E-state index in [1.165, 1.54) is 28.7 Å². The van der Waals surface area contributed by atoms with Crippen molar-refractivity contribution in [2.45, 2.75) is 18.6 Å². The second kappa shape index (κ2) is 8.37. The summed E-state index contributed by atoms with van der Waals surface area (Å²) in [7, 11) is 0. The molecule has 0 unspecified atom stereocenters. The van der Waals surface area contributed by atoms with Gasteiger partial charge in [-0.2, -0.15) is 4.80 Å². The Kier molecular flexibility index (Phi) is 6.49. The second-order valence-electron chi connectivity index (χ2n) is 4.18. The molecule has 7 nitrogen and oxygen atoms in total. The first-order chi connectivity index (χ1) is 11.1. The van der Waals surface area contributed by atoms with Gasteiger partial charge in [-0.1, -0.05) is 35.0 Å². The number of esters is 1. The third-order valence-electron chi connectivity index (χ3n) is 2.70. The van der Waals surface area contributed by atoms with E-state index in [4.69, 9.17) is 32.7 Å². The van der Waals surface area contributed by atoms with Crippen molar-refractivity contribution >= 4 is 40.9 Å². The summed E-state index contributed by atoms with van der Waals surface area (Å²) < 4.78 is 10.5. The summed E-state index contributed by atoms with van der Waals surface area (Å²) in [5, 5.41) is 12.8. The SMILES string of the molecule is CCOC(=O)c1ccc(Cl)c(OCCn2nnc(SC)n2)c1Cl. The number of halogens is 2. The highest BCUT2D eigenvalue weighted by Crippen LogP contribution is 2.36. The fourth-order valence-electron chi connectivity index (χ4n) is 1.67. The average molecular weight is 377 g/mol. The van der Waals surface area contributed by atoms with Crippen LogP contribution in [0.4, 0.5) is 0 Å². The minimum absolute atomic E-state index is 0.118. The molecule has 0 spiro atoms. The summed E-state index contributed by atoms with van der Waals surface area (Å²) in [5.41, 5.74) is 0.205. The number of nitrogens with zero attached hydrogens (tertiary/aromatic N) is 4. The molecule has 0 saturated carbocycles. The molecule has 1 heterocycles. The Bertz CT molecular complexity index is 696. The Balaban J connectivity index is 2.06. The van der Waals surface area contributed by atoms with Gasteiger partial charge in [0, 0.05) is 0 Å². The third-order valence-corrected chi connectivity index (χ3v) is 3.90. The normalized spacial score (nSPS) is 10.6. The molecule has 0 N–H and O–H groups in total. The van der Waals surface area contributed by atoms with Gasteiger partial charge in [0.05, 0.1) is 28.8 Å². The summed E-state index contributed by atoms with van der Waals surface area (Å²) in [6.45, 7) is 2.55. The molecule has 0 aliphatic heterocycles. The number of aromatic nitrogens is 4. The minimum atomic E-state index is -0.526. The number of rotatable bonds is 7. The first-order valence-electron chi connectivity index (χ1n) is 6.66. The predicted molar refractivity (Wildman–Crippen MR) is 87.5 cm³/mol. The number of hydrogen-bond acceptors (Lipinski definition) is 7. The number of carbonyl (C=O) groups is 1. The van der Waals surface area contributed by atoms with Gasteiger partial charge in [0.15, 0.2) is 5.75 Å². The zero-order chi connectivity index (χ0) is 16.8. The van der Waals surface area contributed by atoms with Gasteiger partial charge >= 0.3 is 5.97 Å². The molecule has 0 aliphatic carbocycles. The van der Waals surface area contributed by atoms with E-state index < -0.39 is 5.97 Å². The van der Waals surface area contributed by atoms with Crippen LogP contribution in [0.1, 0.15) is 17.3 Å². The van der Waals surface area contributed by atoms with Crippen molar-refractivity contribution in [2.75, 3.05) is 19.5 Å². The summed E-state index contributed by atoms with van der Waals surface area (Å²) in [4.78, 5) is 13.2. The number of hydrogen-bond donors (Lipinski definition) is 0. The van der Waals surface area contributed by atoms with Crippen LogP contribution in [0.3, 0.4) is 0 Å². The van der Waals surface area contributed by atoms with Gasteiger partial charge in [0.1, 0.15) is 6.61 Å². The zero-order valence-electron chi connectivity index (χ0n) is 12.5. The summed E-state index contributed by atoms with van der Waals surface area (Å²) >= 11 is 13.7. The first-order valence-corrected chi connectivity index (χ1v) is 8.64. The molecule has 124 valence electrons. The molecule has 0 bridgehead atoms. The number of thioether (sulfide) groups is 1. The lowest BCUT2D eigenvalue weighted by molar-refractivity contribution is 0.0526. The van der Waals surface area contributed by atoms with E-state index in [1.54, 1.807) is 6.92 Å². The summed E-state index contributed by atoms with van der Waals surface area (Å²) in [5.74, 6) is -0.300. The van der Waals surface area contributed by atoms with Crippen molar-refractivity contribution in [3.8, 4) is 5.75 Å². The van der Waals surface area contributed by atoms with Crippen LogP contribution >= 0.6 is 35.0 Å². The maximum Gasteiger partial charge on any atom is 0.339 e. The Morgan fingerprint density at radius 2 is 2.17 bits per heavy atom. The minimum Gasteiger partial charge on any atom is -0.488 e. The first kappa shape index (κ1) is 17.8. The highest BCUT2D eigenvalue weighted by molar-refractivity contribution is 7.98. The molecule has 0 amide bonds. The number of carbonyl (C=O) groups excluding carboxylic acids is 1. The Morgan fingerprint density at radius 3 is 2.83 bits per heavy atom. The molecule has 0 saturated heterocycles. The smallest absolute Gasteiger partial charge is 0.339 e. The highest BCUT2D eigenvalue weighted by atomic mass is 35.5. The second-order valence-corrected chi connectivity index (χ2v) is 5.74. The van der Waals surface area contributed by atoms with Crippen LogP contribution < -0.4 is 4.74 Å². The van der Waals surface area contributed by atoms with Crippen molar-refractivity contribution in [1.82, 2.24) is 20.2 Å². The van der Waals surface area contributed by atoms with Crippen LogP contribution in [-0.4, -0.2) is 45.6 Å². The van der Waals surface area contributed by atoms with E-state index in [2.05, 4.69) is 15.4 Å². The molecule has 1 aromatic heterocycles. The number of tetrazole rings is 1. The van der Waals surface area contributed by atoms with Crippen molar-refractivity contribution in [3.05, 3.63) is 27.7 Å². The van der Waals surface area contributed by atoms with E-state index in [0.29, 0.717) is 16.7 Å². The standard InChI is InChI=1S/C13H14Cl2N4O3S/c1-3-21-12(20)8-4-5-9(14)11(10(8)15)22-7-6-19-17-13(23-2)16-18-19/h4-5H,3,6-7H2,1-2H3. The summed E-state index contributed by atoms with van der Waals surface area (Å²) in [6, 6.07) is 3.04. The molecule has 10 heteroatoms. The van der Waals surface area contributed by atoms with Gasteiger partial charge in [0.25, 0.3) is 0 Å². The molecular weight excluding hydrogens is 363 g/mol. The molecule has 0 atom stereocenters. The molecule has 0 aliphatic rings. The van der Waals surface area contributed by atoms with E-state index >= 15 is 0 Å². The van der Waals surface area contributed by atoms with Crippen LogP contribution in [0, 0.1) is 0 Å². The molecule has 1 aromatic carbocycles. The van der Waals surface area contributed by atoms with Crippen molar-refractivity contribution in [1.29, 1.82) is 0 Å². The lowest BCUT2D eigenvalue weighted by atomic mass is 10.2. The van der Waals surface area contributed by atoms with Crippen LogP contribution in [-0.2, 0) is 11.3 Å². The molecule has 2 rings (SSSR count). The zero-order valence-corrected chi connectivity index (χ0v) is 14.8. The molecule has 0 radical (unpaired) electrons. The highest BCUT2D eigenvalue weighted by Gasteiger charge is 2.18. The summed E-state index contributed by atoms with van der Waals surface area (Å²) in [6.07, 6.45) is 1.86. The van der Waals surface area contributed by atoms with Crippen LogP contribution in [0.25, 0.3) is 0 Å². The van der Waals surface area contributed by atoms with Gasteiger partial charge < -0.3 is 9.47 Å². The van der Waals surface area contributed by atoms with Crippen LogP contribution in [0.5, 0.6) is 5.75 Å². The fraction of sp³-hybridized carbons (Fsp3) is 0.385. The Hall–Kier alpha value is -1.51. The lowest BCUT2D eigenvalue weighted by Crippen LogP contribution is -2.12. The van der Waals surface area contributed by atoms with E-state index in [0.717, 1.165) is 0 Å².